The van der Waals surface area contributed by atoms with Gasteiger partial charge in [-0.25, -0.2) is 0 Å². The minimum atomic E-state index is -3.08. The van der Waals surface area contributed by atoms with Crippen LogP contribution < -0.4 is 5.32 Å². The fraction of sp³-hybridized carbons (Fsp3) is 1.00. The summed E-state index contributed by atoms with van der Waals surface area (Å²) in [6, 6.07) is -0.231. The van der Waals surface area contributed by atoms with Crippen LogP contribution in [0.15, 0.2) is 0 Å². The predicted octanol–water partition coefficient (Wildman–Crippen LogP) is 7.24. The highest BCUT2D eigenvalue weighted by atomic mass is 31.2. The highest BCUT2D eigenvalue weighted by Gasteiger charge is 2.35. The third-order valence-electron chi connectivity index (χ3n) is 6.24. The van der Waals surface area contributed by atoms with E-state index in [1.807, 2.05) is 0 Å². The van der Waals surface area contributed by atoms with E-state index < -0.39 is 28.9 Å². The van der Waals surface area contributed by atoms with Gasteiger partial charge in [0, 0.05) is 6.04 Å². The first-order valence-electron chi connectivity index (χ1n) is 17.2. The molecule has 16 heteroatoms. The van der Waals surface area contributed by atoms with Gasteiger partial charge < -0.3 is 47.4 Å². The number of nitrogens with one attached hydrogen (secondary N) is 1. The first kappa shape index (κ1) is 48.4. The zero-order valence-electron chi connectivity index (χ0n) is 30.0. The highest BCUT2D eigenvalue weighted by Crippen LogP contribution is 2.51. The molecule has 1 saturated heterocycles. The van der Waals surface area contributed by atoms with Crippen LogP contribution in [0.3, 0.4) is 0 Å². The van der Waals surface area contributed by atoms with Gasteiger partial charge in [0.05, 0.1) is 83.5 Å². The SMILES string of the molecule is CCCCCCC(O)CP(=O)(OCC)OCC.CCCCNC(CO)CP(=O)(OCC)OCC.CCOP(=O)(CC1CO1)OCC. The number of hydrogen-bond donors (Lipinski definition) is 3. The van der Waals surface area contributed by atoms with E-state index in [1.54, 1.807) is 41.5 Å². The average molecular weight is 728 g/mol. The number of aliphatic hydroxyl groups excluding tert-OH is 2. The molecule has 0 aromatic rings. The van der Waals surface area contributed by atoms with E-state index in [2.05, 4.69) is 19.2 Å². The predicted molar refractivity (Wildman–Crippen MR) is 185 cm³/mol. The Balaban J connectivity index is 0. The third-order valence-corrected chi connectivity index (χ3v) is 12.8. The second-order valence-corrected chi connectivity index (χ2v) is 16.8. The highest BCUT2D eigenvalue weighted by molar-refractivity contribution is 7.54. The Morgan fingerprint density at radius 2 is 1.11 bits per heavy atom. The number of aliphatic hydroxyl groups is 2. The summed E-state index contributed by atoms with van der Waals surface area (Å²) in [7, 11) is -8.98. The summed E-state index contributed by atoms with van der Waals surface area (Å²) in [5, 5.41) is 22.2. The van der Waals surface area contributed by atoms with E-state index in [9.17, 15) is 23.9 Å². The Morgan fingerprint density at radius 3 is 1.50 bits per heavy atom. The summed E-state index contributed by atoms with van der Waals surface area (Å²) in [5.74, 6) is 0. The molecule has 1 heterocycles. The van der Waals surface area contributed by atoms with Crippen molar-refractivity contribution in [2.75, 3.05) is 77.9 Å². The van der Waals surface area contributed by atoms with E-state index >= 15 is 0 Å². The summed E-state index contributed by atoms with van der Waals surface area (Å²) < 4.78 is 71.8. The molecular formula is C30H68NO12P3. The van der Waals surface area contributed by atoms with Gasteiger partial charge in [-0.05, 0) is 60.9 Å². The van der Waals surface area contributed by atoms with Crippen molar-refractivity contribution in [1.29, 1.82) is 0 Å². The lowest BCUT2D eigenvalue weighted by Gasteiger charge is -2.22. The van der Waals surface area contributed by atoms with Crippen molar-refractivity contribution in [1.82, 2.24) is 5.32 Å². The Kier molecular flexibility index (Phi) is 31.7. The molecule has 1 rings (SSSR count). The summed E-state index contributed by atoms with van der Waals surface area (Å²) in [5.41, 5.74) is 0. The second-order valence-electron chi connectivity index (χ2n) is 10.5. The fourth-order valence-electron chi connectivity index (χ4n) is 4.13. The Morgan fingerprint density at radius 1 is 0.674 bits per heavy atom. The van der Waals surface area contributed by atoms with Gasteiger partial charge in [0.15, 0.2) is 0 Å². The number of hydrogen-bond acceptors (Lipinski definition) is 13. The van der Waals surface area contributed by atoms with E-state index in [-0.39, 0.29) is 31.1 Å². The van der Waals surface area contributed by atoms with Gasteiger partial charge in [-0.3, -0.25) is 13.7 Å². The summed E-state index contributed by atoms with van der Waals surface area (Å²) in [6.45, 7) is 18.6. The molecule has 3 N–H and O–H groups in total. The van der Waals surface area contributed by atoms with Crippen molar-refractivity contribution >= 4 is 22.8 Å². The van der Waals surface area contributed by atoms with Crippen LogP contribution in [0.4, 0.5) is 0 Å². The van der Waals surface area contributed by atoms with Crippen LogP contribution in [0.25, 0.3) is 0 Å². The van der Waals surface area contributed by atoms with Gasteiger partial charge in [-0.1, -0.05) is 46.0 Å². The van der Waals surface area contributed by atoms with E-state index in [0.29, 0.717) is 58.8 Å². The number of rotatable bonds is 28. The topological polar surface area (TPSA) is 172 Å². The van der Waals surface area contributed by atoms with Crippen LogP contribution >= 0.6 is 22.8 Å². The molecule has 0 amide bonds. The lowest BCUT2D eigenvalue weighted by atomic mass is 10.1. The number of ether oxygens (including phenoxy) is 1. The molecule has 1 aliphatic heterocycles. The van der Waals surface area contributed by atoms with Crippen molar-refractivity contribution in [3.05, 3.63) is 0 Å². The maximum Gasteiger partial charge on any atom is 0.333 e. The number of epoxide rings is 1. The quantitative estimate of drug-likeness (QED) is 0.0419. The zero-order valence-corrected chi connectivity index (χ0v) is 32.7. The van der Waals surface area contributed by atoms with Crippen LogP contribution in [-0.2, 0) is 45.6 Å². The molecule has 0 aliphatic carbocycles. The molecule has 0 bridgehead atoms. The van der Waals surface area contributed by atoms with Crippen LogP contribution in [0, 0.1) is 0 Å². The average Bonchev–Trinajstić information content (AvgIpc) is 3.80. The lowest BCUT2D eigenvalue weighted by Crippen LogP contribution is -2.36. The molecule has 46 heavy (non-hydrogen) atoms. The zero-order chi connectivity index (χ0) is 35.3. The van der Waals surface area contributed by atoms with Crippen LogP contribution in [-0.4, -0.2) is 106 Å². The third kappa shape index (κ3) is 27.2. The van der Waals surface area contributed by atoms with Gasteiger partial charge in [0.2, 0.25) is 0 Å². The van der Waals surface area contributed by atoms with Gasteiger partial charge in [0.25, 0.3) is 0 Å². The normalized spacial score (nSPS) is 16.2. The fourth-order valence-corrected chi connectivity index (χ4v) is 9.54. The van der Waals surface area contributed by atoms with E-state index in [1.165, 1.54) is 12.8 Å². The maximum atomic E-state index is 12.2. The van der Waals surface area contributed by atoms with Crippen molar-refractivity contribution in [3.8, 4) is 0 Å². The molecule has 280 valence electrons. The molecule has 3 unspecified atom stereocenters. The molecule has 13 nitrogen and oxygen atoms in total. The van der Waals surface area contributed by atoms with Crippen LogP contribution in [0.5, 0.6) is 0 Å². The molecule has 0 aromatic carbocycles. The molecule has 0 radical (unpaired) electrons. The standard InChI is InChI=1S/C12H27O4P.C11H26NO4P.C7H15O4P/c1-4-7-8-9-10-12(13)11-17(14,15-5-2)16-6-3;1-4-7-8-12-11(9-13)10-17(14,15-5-2)16-6-3;1-3-10-12(8,11-4-2)6-7-5-9-7/h12-13H,4-11H2,1-3H3;11-13H,4-10H2,1-3H3;7H,3-6H2,1-2H3. The largest absolute Gasteiger partial charge is 0.395 e. The minimum absolute atomic E-state index is 0.0617. The van der Waals surface area contributed by atoms with Gasteiger partial charge >= 0.3 is 22.8 Å². The molecule has 0 aromatic heterocycles. The Hall–Kier alpha value is 0.290. The molecule has 0 saturated carbocycles. The smallest absolute Gasteiger partial charge is 0.333 e. The second kappa shape index (κ2) is 30.1. The molecule has 3 atom stereocenters. The monoisotopic (exact) mass is 727 g/mol. The van der Waals surface area contributed by atoms with Gasteiger partial charge in [0.1, 0.15) is 0 Å². The van der Waals surface area contributed by atoms with E-state index in [4.69, 9.17) is 31.9 Å². The molecular weight excluding hydrogens is 659 g/mol. The van der Waals surface area contributed by atoms with Gasteiger partial charge in [-0.15, -0.1) is 0 Å². The molecule has 1 aliphatic rings. The first-order chi connectivity index (χ1) is 21.9. The van der Waals surface area contributed by atoms with Crippen LogP contribution in [0.1, 0.15) is 100 Å². The number of unbranched alkanes of at least 4 members (excludes halogenated alkanes) is 4. The molecule has 0 spiro atoms. The van der Waals surface area contributed by atoms with Crippen molar-refractivity contribution in [2.24, 2.45) is 0 Å². The Bertz CT molecular complexity index is 805. The van der Waals surface area contributed by atoms with Gasteiger partial charge in [-0.2, -0.15) is 0 Å². The summed E-state index contributed by atoms with van der Waals surface area (Å²) in [4.78, 5) is 0. The first-order valence-corrected chi connectivity index (χ1v) is 22.4. The maximum absolute atomic E-state index is 12.2. The molecule has 1 fully saturated rings. The van der Waals surface area contributed by atoms with Crippen LogP contribution in [0.2, 0.25) is 0 Å². The Labute approximate surface area is 280 Å². The van der Waals surface area contributed by atoms with Crippen molar-refractivity contribution < 1.29 is 55.8 Å². The lowest BCUT2D eigenvalue weighted by molar-refractivity contribution is 0.159. The summed E-state index contributed by atoms with van der Waals surface area (Å²) >= 11 is 0. The van der Waals surface area contributed by atoms with Crippen molar-refractivity contribution in [3.63, 3.8) is 0 Å². The summed E-state index contributed by atoms with van der Waals surface area (Å²) in [6.07, 6.45) is 7.45. The minimum Gasteiger partial charge on any atom is -0.395 e. The van der Waals surface area contributed by atoms with Crippen molar-refractivity contribution in [2.45, 2.75) is 119 Å². The van der Waals surface area contributed by atoms with E-state index in [0.717, 1.165) is 32.2 Å².